The third-order valence-electron chi connectivity index (χ3n) is 3.46. The third kappa shape index (κ3) is 3.50. The van der Waals surface area contributed by atoms with Crippen LogP contribution in [0.5, 0.6) is 0 Å². The number of hydrogen-bond acceptors (Lipinski definition) is 4. The second-order valence-corrected chi connectivity index (χ2v) is 5.58. The number of nitrogens with zero attached hydrogens (tertiary/aromatic N) is 2. The van der Waals surface area contributed by atoms with Gasteiger partial charge < -0.3 is 11.1 Å². The quantitative estimate of drug-likeness (QED) is 0.840. The highest BCUT2D eigenvalue weighted by Gasteiger charge is 2.28. The first-order valence-corrected chi connectivity index (χ1v) is 6.86. The van der Waals surface area contributed by atoms with Crippen LogP contribution in [0.1, 0.15) is 54.5 Å². The second kappa shape index (κ2) is 5.65. The fourth-order valence-corrected chi connectivity index (χ4v) is 2.10. The summed E-state index contributed by atoms with van der Waals surface area (Å²) in [7, 11) is 0. The minimum absolute atomic E-state index is 0.0674. The van der Waals surface area contributed by atoms with Gasteiger partial charge in [-0.1, -0.05) is 13.8 Å². The first-order valence-electron chi connectivity index (χ1n) is 6.86. The summed E-state index contributed by atoms with van der Waals surface area (Å²) in [4.78, 5) is 20.7. The lowest BCUT2D eigenvalue weighted by Crippen LogP contribution is -2.39. The van der Waals surface area contributed by atoms with Crippen molar-refractivity contribution < 1.29 is 4.79 Å². The van der Waals surface area contributed by atoms with Gasteiger partial charge in [-0.2, -0.15) is 0 Å². The molecule has 1 heterocycles. The van der Waals surface area contributed by atoms with Gasteiger partial charge in [-0.25, -0.2) is 9.97 Å². The molecule has 5 nitrogen and oxygen atoms in total. The van der Waals surface area contributed by atoms with Crippen LogP contribution in [0.15, 0.2) is 6.20 Å². The van der Waals surface area contributed by atoms with Crippen LogP contribution in [0, 0.1) is 12.8 Å². The SMILES string of the molecule is Cc1ncc(C(=O)NCC(N)C2CC2)c(C(C)C)n1. The maximum Gasteiger partial charge on any atom is 0.254 e. The molecule has 0 saturated heterocycles. The molecule has 0 spiro atoms. The number of aryl methyl sites for hydroxylation is 1. The molecule has 104 valence electrons. The normalized spacial score (nSPS) is 16.5. The van der Waals surface area contributed by atoms with Gasteiger partial charge in [0.2, 0.25) is 0 Å². The Morgan fingerprint density at radius 2 is 2.21 bits per heavy atom. The number of hydrogen-bond donors (Lipinski definition) is 2. The monoisotopic (exact) mass is 262 g/mol. The molecule has 1 amide bonds. The molecular weight excluding hydrogens is 240 g/mol. The molecule has 1 unspecified atom stereocenters. The van der Waals surface area contributed by atoms with Gasteiger partial charge in [0.25, 0.3) is 5.91 Å². The van der Waals surface area contributed by atoms with E-state index in [1.54, 1.807) is 6.20 Å². The Kier molecular flexibility index (Phi) is 4.14. The van der Waals surface area contributed by atoms with Gasteiger partial charge in [-0.15, -0.1) is 0 Å². The topological polar surface area (TPSA) is 80.9 Å². The summed E-state index contributed by atoms with van der Waals surface area (Å²) >= 11 is 0. The molecule has 1 saturated carbocycles. The lowest BCUT2D eigenvalue weighted by Gasteiger charge is -2.14. The molecule has 1 aromatic rings. The van der Waals surface area contributed by atoms with Gasteiger partial charge in [0.1, 0.15) is 5.82 Å². The Labute approximate surface area is 114 Å². The number of amides is 1. The highest BCUT2D eigenvalue weighted by molar-refractivity contribution is 5.95. The summed E-state index contributed by atoms with van der Waals surface area (Å²) in [6, 6.07) is 0.0674. The molecule has 0 bridgehead atoms. The molecule has 5 heteroatoms. The highest BCUT2D eigenvalue weighted by atomic mass is 16.1. The van der Waals surface area contributed by atoms with E-state index in [1.807, 2.05) is 20.8 Å². The molecule has 0 aliphatic heterocycles. The third-order valence-corrected chi connectivity index (χ3v) is 3.46. The zero-order chi connectivity index (χ0) is 14.0. The Hall–Kier alpha value is -1.49. The molecule has 19 heavy (non-hydrogen) atoms. The van der Waals surface area contributed by atoms with Crippen molar-refractivity contribution in [2.24, 2.45) is 11.7 Å². The van der Waals surface area contributed by atoms with Crippen molar-refractivity contribution in [3.8, 4) is 0 Å². The predicted molar refractivity (Wildman–Crippen MR) is 73.9 cm³/mol. The average Bonchev–Trinajstić information content (AvgIpc) is 3.19. The smallest absolute Gasteiger partial charge is 0.254 e. The van der Waals surface area contributed by atoms with Crippen molar-refractivity contribution in [1.29, 1.82) is 0 Å². The molecule has 1 fully saturated rings. The van der Waals surface area contributed by atoms with E-state index in [1.165, 1.54) is 12.8 Å². The molecule has 0 radical (unpaired) electrons. The summed E-state index contributed by atoms with van der Waals surface area (Å²) in [6.07, 6.45) is 3.97. The second-order valence-electron chi connectivity index (χ2n) is 5.58. The summed E-state index contributed by atoms with van der Waals surface area (Å²) < 4.78 is 0. The van der Waals surface area contributed by atoms with Crippen molar-refractivity contribution >= 4 is 5.91 Å². The van der Waals surface area contributed by atoms with Crippen LogP contribution in [0.3, 0.4) is 0 Å². The lowest BCUT2D eigenvalue weighted by atomic mass is 10.0. The Morgan fingerprint density at radius 1 is 1.53 bits per heavy atom. The van der Waals surface area contributed by atoms with Crippen molar-refractivity contribution in [3.05, 3.63) is 23.3 Å². The van der Waals surface area contributed by atoms with Crippen LogP contribution in [0.25, 0.3) is 0 Å². The van der Waals surface area contributed by atoms with Gasteiger partial charge in [0.05, 0.1) is 11.3 Å². The van der Waals surface area contributed by atoms with E-state index in [9.17, 15) is 4.79 Å². The predicted octanol–water partition coefficient (Wildman–Crippen LogP) is 1.38. The molecule has 2 rings (SSSR count). The minimum atomic E-state index is -0.125. The lowest BCUT2D eigenvalue weighted by molar-refractivity contribution is 0.0948. The number of nitrogens with two attached hydrogens (primary N) is 1. The zero-order valence-electron chi connectivity index (χ0n) is 11.8. The standard InChI is InChI=1S/C14H22N4O/c1-8(2)13-11(6-16-9(3)18-13)14(19)17-7-12(15)10-4-5-10/h6,8,10,12H,4-5,7,15H2,1-3H3,(H,17,19). The zero-order valence-corrected chi connectivity index (χ0v) is 11.8. The van der Waals surface area contributed by atoms with E-state index < -0.39 is 0 Å². The van der Waals surface area contributed by atoms with Crippen molar-refractivity contribution in [2.45, 2.75) is 45.6 Å². The number of rotatable bonds is 5. The van der Waals surface area contributed by atoms with Gasteiger partial charge in [-0.3, -0.25) is 4.79 Å². The van der Waals surface area contributed by atoms with Gasteiger partial charge in [-0.05, 0) is 31.6 Å². The maximum absolute atomic E-state index is 12.2. The molecule has 1 atom stereocenters. The van der Waals surface area contributed by atoms with E-state index >= 15 is 0 Å². The summed E-state index contributed by atoms with van der Waals surface area (Å²) in [5.41, 5.74) is 7.34. The van der Waals surface area contributed by atoms with Gasteiger partial charge in [0, 0.05) is 18.8 Å². The summed E-state index contributed by atoms with van der Waals surface area (Å²) in [5.74, 6) is 1.34. The van der Waals surface area contributed by atoms with Crippen molar-refractivity contribution in [1.82, 2.24) is 15.3 Å². The fourth-order valence-electron chi connectivity index (χ4n) is 2.10. The van der Waals surface area contributed by atoms with Crippen molar-refractivity contribution in [2.75, 3.05) is 6.54 Å². The van der Waals surface area contributed by atoms with Crippen LogP contribution in [-0.4, -0.2) is 28.5 Å². The van der Waals surface area contributed by atoms with E-state index in [0.29, 0.717) is 23.9 Å². The van der Waals surface area contributed by atoms with E-state index in [4.69, 9.17) is 5.73 Å². The average molecular weight is 262 g/mol. The van der Waals surface area contributed by atoms with E-state index in [-0.39, 0.29) is 17.9 Å². The van der Waals surface area contributed by atoms with Gasteiger partial charge >= 0.3 is 0 Å². The van der Waals surface area contributed by atoms with E-state index in [2.05, 4.69) is 15.3 Å². The largest absolute Gasteiger partial charge is 0.350 e. The van der Waals surface area contributed by atoms with Crippen LogP contribution < -0.4 is 11.1 Å². The number of carbonyl (C=O) groups excluding carboxylic acids is 1. The minimum Gasteiger partial charge on any atom is -0.350 e. The Morgan fingerprint density at radius 3 is 2.79 bits per heavy atom. The molecule has 1 aromatic heterocycles. The molecule has 3 N–H and O–H groups in total. The first-order chi connectivity index (χ1) is 8.99. The van der Waals surface area contributed by atoms with E-state index in [0.717, 1.165) is 5.69 Å². The molecule has 1 aliphatic carbocycles. The summed E-state index contributed by atoms with van der Waals surface area (Å²) in [5, 5.41) is 2.89. The fraction of sp³-hybridized carbons (Fsp3) is 0.643. The molecular formula is C14H22N4O. The molecule has 1 aliphatic rings. The van der Waals surface area contributed by atoms with Crippen LogP contribution in [-0.2, 0) is 0 Å². The van der Waals surface area contributed by atoms with Crippen LogP contribution in [0.4, 0.5) is 0 Å². The van der Waals surface area contributed by atoms with Crippen LogP contribution >= 0.6 is 0 Å². The Bertz CT molecular complexity index is 469. The molecule has 0 aromatic carbocycles. The van der Waals surface area contributed by atoms with Crippen molar-refractivity contribution in [3.63, 3.8) is 0 Å². The summed E-state index contributed by atoms with van der Waals surface area (Å²) in [6.45, 7) is 6.40. The number of nitrogens with one attached hydrogen (secondary N) is 1. The van der Waals surface area contributed by atoms with Crippen LogP contribution in [0.2, 0.25) is 0 Å². The first kappa shape index (κ1) is 13.9. The van der Waals surface area contributed by atoms with Gasteiger partial charge in [0.15, 0.2) is 0 Å². The highest BCUT2D eigenvalue weighted by Crippen LogP contribution is 2.31. The number of carbonyl (C=O) groups is 1. The Balaban J connectivity index is 2.05. The maximum atomic E-state index is 12.2. The number of aromatic nitrogens is 2.